The van der Waals surface area contributed by atoms with Crippen molar-refractivity contribution in [3.05, 3.63) is 21.3 Å². The highest BCUT2D eigenvalue weighted by Gasteiger charge is 2.14. The van der Waals surface area contributed by atoms with Gasteiger partial charge < -0.3 is 5.32 Å². The summed E-state index contributed by atoms with van der Waals surface area (Å²) in [6, 6.07) is 2.75. The average Bonchev–Trinajstić information content (AvgIpc) is 2.71. The van der Waals surface area contributed by atoms with Crippen molar-refractivity contribution in [3.63, 3.8) is 0 Å². The minimum absolute atomic E-state index is 0.712. The van der Waals surface area contributed by atoms with Gasteiger partial charge in [-0.15, -0.1) is 11.3 Å². The van der Waals surface area contributed by atoms with E-state index in [1.165, 1.54) is 23.5 Å². The molecule has 4 heteroatoms. The van der Waals surface area contributed by atoms with Crippen molar-refractivity contribution >= 4 is 34.7 Å². The van der Waals surface area contributed by atoms with E-state index < -0.39 is 0 Å². The number of rotatable bonds is 3. The van der Waals surface area contributed by atoms with E-state index in [4.69, 9.17) is 11.6 Å². The SMILES string of the molecule is Clc1cc(CNC2CCSC2)cs1. The molecule has 1 nitrogen and oxygen atoms in total. The van der Waals surface area contributed by atoms with E-state index in [0.717, 1.165) is 10.9 Å². The van der Waals surface area contributed by atoms with E-state index in [1.807, 2.05) is 17.8 Å². The van der Waals surface area contributed by atoms with Crippen LogP contribution in [0.2, 0.25) is 4.34 Å². The predicted octanol–water partition coefficient (Wildman–Crippen LogP) is 3.00. The Bertz CT molecular complexity index is 268. The molecule has 0 aromatic carbocycles. The summed E-state index contributed by atoms with van der Waals surface area (Å²) in [4.78, 5) is 0. The van der Waals surface area contributed by atoms with Crippen molar-refractivity contribution in [2.24, 2.45) is 0 Å². The van der Waals surface area contributed by atoms with Crippen molar-refractivity contribution in [1.82, 2.24) is 5.32 Å². The molecule has 1 atom stereocenters. The standard InChI is InChI=1S/C9H12ClNS2/c10-9-3-7(5-13-9)4-11-8-1-2-12-6-8/h3,5,8,11H,1-2,4,6H2. The fraction of sp³-hybridized carbons (Fsp3) is 0.556. The maximum Gasteiger partial charge on any atom is 0.0931 e. The van der Waals surface area contributed by atoms with Crippen LogP contribution in [-0.2, 0) is 6.54 Å². The summed E-state index contributed by atoms with van der Waals surface area (Å²) in [5, 5.41) is 5.66. The Hall–Kier alpha value is 0.300. The molecule has 1 fully saturated rings. The molecule has 0 spiro atoms. The Labute approximate surface area is 91.9 Å². The van der Waals surface area contributed by atoms with E-state index in [9.17, 15) is 0 Å². The number of hydrogen-bond donors (Lipinski definition) is 1. The molecule has 0 bridgehead atoms. The zero-order valence-corrected chi connectivity index (χ0v) is 9.64. The van der Waals surface area contributed by atoms with Crippen LogP contribution in [0.1, 0.15) is 12.0 Å². The molecular formula is C9H12ClNS2. The highest BCUT2D eigenvalue weighted by atomic mass is 35.5. The van der Waals surface area contributed by atoms with Gasteiger partial charge in [0.25, 0.3) is 0 Å². The summed E-state index contributed by atoms with van der Waals surface area (Å²) in [6.45, 7) is 0.967. The van der Waals surface area contributed by atoms with Crippen LogP contribution in [-0.4, -0.2) is 17.5 Å². The summed E-state index contributed by atoms with van der Waals surface area (Å²) in [7, 11) is 0. The van der Waals surface area contributed by atoms with Crippen molar-refractivity contribution in [3.8, 4) is 0 Å². The second-order valence-electron chi connectivity index (χ2n) is 3.20. The molecule has 1 aliphatic rings. The summed E-state index contributed by atoms with van der Waals surface area (Å²) < 4.78 is 0.887. The third kappa shape index (κ3) is 2.88. The molecule has 0 aliphatic carbocycles. The molecule has 2 rings (SSSR count). The Morgan fingerprint density at radius 2 is 2.54 bits per heavy atom. The number of thiophene rings is 1. The first-order valence-corrected chi connectivity index (χ1v) is 6.80. The maximum atomic E-state index is 5.84. The Balaban J connectivity index is 1.78. The van der Waals surface area contributed by atoms with Gasteiger partial charge in [-0.1, -0.05) is 11.6 Å². The Kier molecular flexibility index (Phi) is 3.55. The summed E-state index contributed by atoms with van der Waals surface area (Å²) in [5.41, 5.74) is 1.31. The molecule has 72 valence electrons. The smallest absolute Gasteiger partial charge is 0.0931 e. The van der Waals surface area contributed by atoms with Gasteiger partial charge in [-0.25, -0.2) is 0 Å². The Morgan fingerprint density at radius 1 is 1.62 bits per heavy atom. The summed E-state index contributed by atoms with van der Waals surface area (Å²) >= 11 is 9.49. The molecule has 13 heavy (non-hydrogen) atoms. The molecule has 0 radical (unpaired) electrons. The van der Waals surface area contributed by atoms with Gasteiger partial charge in [-0.2, -0.15) is 11.8 Å². The quantitative estimate of drug-likeness (QED) is 0.862. The van der Waals surface area contributed by atoms with E-state index in [2.05, 4.69) is 10.7 Å². The number of thioether (sulfide) groups is 1. The van der Waals surface area contributed by atoms with Gasteiger partial charge in [0, 0.05) is 18.3 Å². The molecule has 2 heterocycles. The van der Waals surface area contributed by atoms with Crippen LogP contribution >= 0.6 is 34.7 Å². The third-order valence-corrected chi connectivity index (χ3v) is 4.45. The second-order valence-corrected chi connectivity index (χ2v) is 5.89. The molecule has 1 aliphatic heterocycles. The molecule has 1 aromatic heterocycles. The molecule has 0 saturated carbocycles. The molecule has 1 N–H and O–H groups in total. The highest BCUT2D eigenvalue weighted by molar-refractivity contribution is 7.99. The second kappa shape index (κ2) is 4.69. The number of nitrogens with one attached hydrogen (secondary N) is 1. The van der Waals surface area contributed by atoms with Crippen LogP contribution in [0.25, 0.3) is 0 Å². The van der Waals surface area contributed by atoms with E-state index in [1.54, 1.807) is 11.3 Å². The van der Waals surface area contributed by atoms with Gasteiger partial charge in [-0.3, -0.25) is 0 Å². The van der Waals surface area contributed by atoms with Crippen molar-refractivity contribution in [2.45, 2.75) is 19.0 Å². The van der Waals surface area contributed by atoms with E-state index >= 15 is 0 Å². The van der Waals surface area contributed by atoms with Crippen LogP contribution in [0.15, 0.2) is 11.4 Å². The lowest BCUT2D eigenvalue weighted by molar-refractivity contribution is 0.558. The topological polar surface area (TPSA) is 12.0 Å². The van der Waals surface area contributed by atoms with E-state index in [0.29, 0.717) is 6.04 Å². The van der Waals surface area contributed by atoms with Crippen LogP contribution in [0.5, 0.6) is 0 Å². The van der Waals surface area contributed by atoms with Gasteiger partial charge in [0.05, 0.1) is 4.34 Å². The minimum atomic E-state index is 0.712. The Morgan fingerprint density at radius 3 is 3.15 bits per heavy atom. The lowest BCUT2D eigenvalue weighted by Gasteiger charge is -2.09. The van der Waals surface area contributed by atoms with Gasteiger partial charge >= 0.3 is 0 Å². The van der Waals surface area contributed by atoms with Crippen molar-refractivity contribution in [1.29, 1.82) is 0 Å². The maximum absolute atomic E-state index is 5.84. The van der Waals surface area contributed by atoms with Gasteiger partial charge in [0.2, 0.25) is 0 Å². The highest BCUT2D eigenvalue weighted by Crippen LogP contribution is 2.21. The fourth-order valence-electron chi connectivity index (χ4n) is 1.40. The van der Waals surface area contributed by atoms with Gasteiger partial charge in [0.1, 0.15) is 0 Å². The summed E-state index contributed by atoms with van der Waals surface area (Å²) in [5.74, 6) is 2.57. The molecule has 0 amide bonds. The monoisotopic (exact) mass is 233 g/mol. The molecule has 1 aromatic rings. The molecule has 1 saturated heterocycles. The minimum Gasteiger partial charge on any atom is -0.309 e. The number of halogens is 1. The van der Waals surface area contributed by atoms with Crippen LogP contribution in [0, 0.1) is 0 Å². The third-order valence-electron chi connectivity index (χ3n) is 2.15. The van der Waals surface area contributed by atoms with Crippen molar-refractivity contribution in [2.75, 3.05) is 11.5 Å². The fourth-order valence-corrected chi connectivity index (χ4v) is 3.49. The summed E-state index contributed by atoms with van der Waals surface area (Å²) in [6.07, 6.45) is 1.31. The first kappa shape index (κ1) is 9.84. The van der Waals surface area contributed by atoms with E-state index in [-0.39, 0.29) is 0 Å². The van der Waals surface area contributed by atoms with Gasteiger partial charge in [0.15, 0.2) is 0 Å². The number of hydrogen-bond acceptors (Lipinski definition) is 3. The lowest BCUT2D eigenvalue weighted by atomic mass is 10.2. The molecular weight excluding hydrogens is 222 g/mol. The average molecular weight is 234 g/mol. The largest absolute Gasteiger partial charge is 0.309 e. The van der Waals surface area contributed by atoms with Crippen LogP contribution in [0.3, 0.4) is 0 Å². The van der Waals surface area contributed by atoms with Crippen molar-refractivity contribution < 1.29 is 0 Å². The van der Waals surface area contributed by atoms with Gasteiger partial charge in [-0.05, 0) is 29.2 Å². The first-order valence-electron chi connectivity index (χ1n) is 4.38. The lowest BCUT2D eigenvalue weighted by Crippen LogP contribution is -2.27. The zero-order chi connectivity index (χ0) is 9.10. The van der Waals surface area contributed by atoms with Crippen LogP contribution < -0.4 is 5.32 Å². The first-order chi connectivity index (χ1) is 6.34. The predicted molar refractivity (Wildman–Crippen MR) is 61.9 cm³/mol. The zero-order valence-electron chi connectivity index (χ0n) is 7.25. The normalized spacial score (nSPS) is 22.4. The van der Waals surface area contributed by atoms with Crippen LogP contribution in [0.4, 0.5) is 0 Å². The molecule has 1 unspecified atom stereocenters.